The molecule has 5 aliphatic rings. The molecule has 7 rings (SSSR count). The Morgan fingerprint density at radius 2 is 1.69 bits per heavy atom. The number of hydrogen-bond donors (Lipinski definition) is 4. The van der Waals surface area contributed by atoms with E-state index in [0.717, 1.165) is 0 Å². The van der Waals surface area contributed by atoms with Crippen LogP contribution in [0, 0.1) is 24.7 Å². The first-order valence-corrected chi connectivity index (χ1v) is 23.0. The molecule has 4 heterocycles. The summed E-state index contributed by atoms with van der Waals surface area (Å²) in [5, 5.41) is 36.8. The molecule has 2 aromatic rings. The number of phenols is 1. The number of piperidine rings is 1. The van der Waals surface area contributed by atoms with Gasteiger partial charge in [0.15, 0.2) is 11.3 Å². The normalized spacial score (nSPS) is 27.3. The highest BCUT2D eigenvalue weighted by atomic mass is 16.7. The highest BCUT2D eigenvalue weighted by Crippen LogP contribution is 2.50. The van der Waals surface area contributed by atoms with Gasteiger partial charge >= 0.3 is 17.8 Å². The van der Waals surface area contributed by atoms with E-state index in [9.17, 15) is 39.3 Å². The van der Waals surface area contributed by atoms with Gasteiger partial charge in [0.25, 0.3) is 11.7 Å². The van der Waals surface area contributed by atoms with Crippen LogP contribution in [-0.4, -0.2) is 97.8 Å². The second-order valence-corrected chi connectivity index (χ2v) is 19.3. The second kappa shape index (κ2) is 19.3. The van der Waals surface area contributed by atoms with Crippen molar-refractivity contribution in [2.24, 2.45) is 17.8 Å². The highest BCUT2D eigenvalue weighted by Gasteiger charge is 2.50. The average molecular weight is 940 g/mol. The van der Waals surface area contributed by atoms with E-state index in [1.165, 1.54) is 40.0 Å². The average Bonchev–Trinajstić information content (AvgIpc) is 3.55. The lowest BCUT2D eigenvalue weighted by atomic mass is 9.81. The maximum absolute atomic E-state index is 14.8. The Morgan fingerprint density at radius 1 is 0.985 bits per heavy atom. The SMILES string of the molecule is CC(=O)O[C@@H]1CC/C=C/O[C@@]2(C)Oc3c(C)c(O)c4c(=O)c(c5oc6cc(OC7CCN(C(=O)OC(C)(C)C)CC7)ccc6nc-5c4c3C2=O)NC(=O)/C(C)=C\C=C\[C@H](C)[C@H](O)[C@@H](C)[C@@H](O)[C@H]1C. The van der Waals surface area contributed by atoms with E-state index in [4.69, 9.17) is 33.1 Å². The van der Waals surface area contributed by atoms with Crippen LogP contribution in [0.2, 0.25) is 0 Å². The number of benzene rings is 3. The van der Waals surface area contributed by atoms with E-state index < -0.39 is 82.4 Å². The van der Waals surface area contributed by atoms with Gasteiger partial charge < -0.3 is 53.6 Å². The molecule has 0 unspecified atom stereocenters. The number of aromatic nitrogens is 1. The van der Waals surface area contributed by atoms with Crippen molar-refractivity contribution in [1.29, 1.82) is 0 Å². The number of ketones is 1. The summed E-state index contributed by atoms with van der Waals surface area (Å²) in [6, 6.07) is 4.95. The third-order valence-corrected chi connectivity index (χ3v) is 12.9. The molecular weight excluding hydrogens is 879 g/mol. The largest absolute Gasteiger partial charge is 0.507 e. The van der Waals surface area contributed by atoms with Crippen LogP contribution in [0.3, 0.4) is 0 Å². The molecule has 364 valence electrons. The number of ether oxygens (including phenoxy) is 5. The molecule has 68 heavy (non-hydrogen) atoms. The fourth-order valence-corrected chi connectivity index (χ4v) is 8.92. The van der Waals surface area contributed by atoms with Gasteiger partial charge in [-0.2, -0.15) is 0 Å². The molecule has 7 atom stereocenters. The number of anilines is 1. The zero-order valence-electron chi connectivity index (χ0n) is 40.1. The number of rotatable bonds is 3. The van der Waals surface area contributed by atoms with Crippen LogP contribution in [0.1, 0.15) is 104 Å². The van der Waals surface area contributed by atoms with Crippen molar-refractivity contribution in [2.45, 2.75) is 131 Å². The molecule has 17 heteroatoms. The number of carbonyl (C=O) groups is 4. The van der Waals surface area contributed by atoms with Gasteiger partial charge in [-0.25, -0.2) is 9.78 Å². The van der Waals surface area contributed by atoms with E-state index in [1.54, 1.807) is 62.1 Å². The van der Waals surface area contributed by atoms with Crippen molar-refractivity contribution in [3.8, 4) is 28.7 Å². The molecule has 17 nitrogen and oxygen atoms in total. The minimum atomic E-state index is -1.99. The summed E-state index contributed by atoms with van der Waals surface area (Å²) in [6.07, 6.45) is 5.77. The van der Waals surface area contributed by atoms with Gasteiger partial charge in [0.05, 0.1) is 29.4 Å². The zero-order valence-corrected chi connectivity index (χ0v) is 40.1. The Hall–Kier alpha value is -6.46. The van der Waals surface area contributed by atoms with Gasteiger partial charge in [-0.3, -0.25) is 19.2 Å². The minimum Gasteiger partial charge on any atom is -0.507 e. The fourth-order valence-electron chi connectivity index (χ4n) is 8.92. The molecule has 4 bridgehead atoms. The lowest BCUT2D eigenvalue weighted by molar-refractivity contribution is -0.153. The molecule has 2 aromatic carbocycles. The van der Waals surface area contributed by atoms with Crippen LogP contribution in [0.4, 0.5) is 10.5 Å². The molecule has 0 radical (unpaired) electrons. The van der Waals surface area contributed by atoms with Crippen LogP contribution >= 0.6 is 0 Å². The summed E-state index contributed by atoms with van der Waals surface area (Å²) in [4.78, 5) is 74.8. The lowest BCUT2D eigenvalue weighted by Crippen LogP contribution is -2.44. The van der Waals surface area contributed by atoms with Crippen LogP contribution in [0.25, 0.3) is 33.3 Å². The van der Waals surface area contributed by atoms with Crippen molar-refractivity contribution in [3.05, 3.63) is 75.7 Å². The molecule has 2 amide bonds. The topological polar surface area (TPSA) is 233 Å². The summed E-state index contributed by atoms with van der Waals surface area (Å²) < 4.78 is 36.2. The van der Waals surface area contributed by atoms with Crippen LogP contribution in [0.15, 0.2) is 63.6 Å². The second-order valence-electron chi connectivity index (χ2n) is 19.3. The van der Waals surface area contributed by atoms with Gasteiger partial charge in [0.2, 0.25) is 5.43 Å². The summed E-state index contributed by atoms with van der Waals surface area (Å²) in [5.74, 6) is -6.00. The molecule has 1 aliphatic carbocycles. The number of phenolic OH excluding ortho intramolecular Hbond substituents is 1. The predicted molar refractivity (Wildman–Crippen MR) is 252 cm³/mol. The van der Waals surface area contributed by atoms with E-state index in [-0.39, 0.29) is 80.4 Å². The number of hydrogen-bond acceptors (Lipinski definition) is 15. The standard InChI is InChI=1S/C51H61N3O14/c1-25-14-13-15-26(2)48(61)53-40-44(59)37-36(39-46(40)66-35-24-32(17-18-33(35)52-39)65-31-19-21-54(22-20-31)49(62)68-50(7,8)9)38-45(29(5)43(37)58)67-51(10,47(38)60)63-23-12-11-16-34(64-30(6)55)27(3)42(57)28(4)41(25)56/h12-15,17-18,23-25,27-28,31,34,41-42,56-58H,11,16,19-22H2,1-10H3,(H,53,61)/b14-13+,23-12+,26-15-/t25-,27-,28+,34+,41-,42-,51-/m0/s1. The van der Waals surface area contributed by atoms with Crippen LogP contribution in [0.5, 0.6) is 17.2 Å². The minimum absolute atomic E-state index is 0.0328. The number of likely N-dealkylation sites (tertiary alicyclic amines) is 1. The molecule has 4 aliphatic heterocycles. The van der Waals surface area contributed by atoms with Crippen molar-refractivity contribution in [3.63, 3.8) is 0 Å². The number of aliphatic hydroxyl groups is 2. The molecule has 0 aromatic heterocycles. The van der Waals surface area contributed by atoms with E-state index >= 15 is 0 Å². The number of aliphatic hydroxyl groups excluding tert-OH is 2. The lowest BCUT2D eigenvalue weighted by Gasteiger charge is -2.34. The molecule has 4 N–H and O–H groups in total. The van der Waals surface area contributed by atoms with Crippen molar-refractivity contribution in [1.82, 2.24) is 9.88 Å². The Bertz CT molecular complexity index is 2760. The fraction of sp³-hybridized carbons (Fsp3) is 0.490. The van der Waals surface area contributed by atoms with Crippen molar-refractivity contribution >= 4 is 51.3 Å². The van der Waals surface area contributed by atoms with Gasteiger partial charge in [-0.1, -0.05) is 39.0 Å². The molecular formula is C51H61N3O14. The number of nitrogens with zero attached hydrogens (tertiary/aromatic N) is 2. The highest BCUT2D eigenvalue weighted by molar-refractivity contribution is 6.22. The first-order valence-electron chi connectivity index (χ1n) is 23.0. The quantitative estimate of drug-likeness (QED) is 0.0870. The van der Waals surface area contributed by atoms with Gasteiger partial charge in [-0.15, -0.1) is 0 Å². The van der Waals surface area contributed by atoms with Crippen LogP contribution in [-0.2, 0) is 23.8 Å². The number of fused-ring (bicyclic) bond motifs is 2. The monoisotopic (exact) mass is 939 g/mol. The Labute approximate surface area is 394 Å². The molecule has 0 saturated carbocycles. The van der Waals surface area contributed by atoms with Crippen molar-refractivity contribution in [2.75, 3.05) is 18.4 Å². The van der Waals surface area contributed by atoms with E-state index in [0.29, 0.717) is 31.7 Å². The number of carbonyl (C=O) groups excluding carboxylic acids is 4. The molecule has 1 fully saturated rings. The first kappa shape index (κ1) is 49.4. The zero-order chi connectivity index (χ0) is 49.6. The number of aromatic hydroxyl groups is 1. The summed E-state index contributed by atoms with van der Waals surface area (Å²) in [6.45, 7) is 17.2. The molecule has 1 saturated heterocycles. The Balaban J connectivity index is 1.33. The van der Waals surface area contributed by atoms with Gasteiger partial charge in [-0.05, 0) is 65.7 Å². The summed E-state index contributed by atoms with van der Waals surface area (Å²) in [7, 11) is 0. The number of allylic oxidation sites excluding steroid dienone is 3. The van der Waals surface area contributed by atoms with E-state index in [1.807, 2.05) is 20.8 Å². The number of nitrogens with one attached hydrogen (secondary N) is 1. The third kappa shape index (κ3) is 9.90. The van der Waals surface area contributed by atoms with Crippen LogP contribution < -0.4 is 20.2 Å². The van der Waals surface area contributed by atoms with Gasteiger partial charge in [0.1, 0.15) is 52.0 Å². The molecule has 0 spiro atoms. The summed E-state index contributed by atoms with van der Waals surface area (Å²) in [5.41, 5.74) is -1.29. The Morgan fingerprint density at radius 3 is 2.37 bits per heavy atom. The number of amides is 2. The first-order chi connectivity index (χ1) is 32.0. The van der Waals surface area contributed by atoms with E-state index in [2.05, 4.69) is 5.32 Å². The Kier molecular flexibility index (Phi) is 14.0. The predicted octanol–water partition coefficient (Wildman–Crippen LogP) is 7.86. The third-order valence-electron chi connectivity index (χ3n) is 12.9. The number of esters is 1. The van der Waals surface area contributed by atoms with Gasteiger partial charge in [0, 0.05) is 80.1 Å². The maximum atomic E-state index is 14.8. The van der Waals surface area contributed by atoms with Crippen molar-refractivity contribution < 1.29 is 62.6 Å². The number of Topliss-reactive ketones (excluding diaryl/α,β-unsaturated/α-hetero) is 1. The maximum Gasteiger partial charge on any atom is 0.410 e. The smallest absolute Gasteiger partial charge is 0.410 e. The summed E-state index contributed by atoms with van der Waals surface area (Å²) >= 11 is 0.